The Morgan fingerprint density at radius 2 is 1.29 bits per heavy atom. The normalized spacial score (nSPS) is 11.5. The molecule has 7 nitrogen and oxygen atoms in total. The van der Waals surface area contributed by atoms with Gasteiger partial charge in [0.2, 0.25) is 0 Å². The number of benzene rings is 1. The summed E-state index contributed by atoms with van der Waals surface area (Å²) < 4.78 is 29.5. The Hall–Kier alpha value is -1.43. The molecule has 0 aliphatic heterocycles. The minimum Gasteiger partial charge on any atom is -0.404 e. The Morgan fingerprint density at radius 1 is 0.821 bits per heavy atom. The topological polar surface area (TPSA) is 87.9 Å². The molecule has 0 atom stereocenters. The van der Waals surface area contributed by atoms with Crippen LogP contribution in [0.3, 0.4) is 0 Å². The van der Waals surface area contributed by atoms with Crippen LogP contribution in [-0.2, 0) is 13.6 Å². The lowest BCUT2D eigenvalue weighted by Gasteiger charge is -2.18. The number of hydrogen-bond donors (Lipinski definition) is 0. The highest BCUT2D eigenvalue weighted by Gasteiger charge is 2.28. The summed E-state index contributed by atoms with van der Waals surface area (Å²) in [5, 5.41) is 10.8. The van der Waals surface area contributed by atoms with Gasteiger partial charge in [-0.15, -0.1) is 0 Å². The number of hydrogen-bond acceptors (Lipinski definition) is 6. The zero-order valence-electron chi connectivity index (χ0n) is 17.1. The summed E-state index contributed by atoms with van der Waals surface area (Å²) in [6.45, 7) is 4.89. The minimum absolute atomic E-state index is 0.0594. The van der Waals surface area contributed by atoms with Gasteiger partial charge < -0.3 is 4.52 Å². The summed E-state index contributed by atoms with van der Waals surface area (Å²) in [4.78, 5) is 10.3. The van der Waals surface area contributed by atoms with Crippen molar-refractivity contribution >= 4 is 13.5 Å². The van der Waals surface area contributed by atoms with Gasteiger partial charge in [-0.2, -0.15) is 0 Å². The van der Waals surface area contributed by atoms with Crippen molar-refractivity contribution in [2.75, 3.05) is 13.2 Å². The second-order valence-electron chi connectivity index (χ2n) is 6.78. The van der Waals surface area contributed by atoms with E-state index in [1.165, 1.54) is 37.1 Å². The average molecular weight is 415 g/mol. The summed E-state index contributed by atoms with van der Waals surface area (Å²) in [7, 11) is -3.76. The van der Waals surface area contributed by atoms with Gasteiger partial charge >= 0.3 is 7.82 Å². The van der Waals surface area contributed by atoms with Crippen molar-refractivity contribution in [1.29, 1.82) is 0 Å². The molecule has 0 fully saturated rings. The molecule has 1 aromatic rings. The van der Waals surface area contributed by atoms with Crippen LogP contribution in [0.4, 0.5) is 5.69 Å². The minimum atomic E-state index is -3.76. The Balaban J connectivity index is 2.57. The van der Waals surface area contributed by atoms with Gasteiger partial charge in [-0.3, -0.25) is 19.2 Å². The van der Waals surface area contributed by atoms with Crippen molar-refractivity contribution in [3.05, 3.63) is 34.4 Å². The maximum Gasteiger partial charge on any atom is 0.530 e. The molecule has 0 saturated heterocycles. The average Bonchev–Trinajstić information content (AvgIpc) is 2.68. The van der Waals surface area contributed by atoms with Crippen molar-refractivity contribution in [3.8, 4) is 5.75 Å². The van der Waals surface area contributed by atoms with Gasteiger partial charge in [0.1, 0.15) is 5.75 Å². The van der Waals surface area contributed by atoms with Gasteiger partial charge in [0, 0.05) is 12.1 Å². The maximum absolute atomic E-state index is 13.0. The van der Waals surface area contributed by atoms with Crippen LogP contribution in [0.1, 0.15) is 78.1 Å². The molecule has 0 spiro atoms. The van der Waals surface area contributed by atoms with Crippen molar-refractivity contribution in [2.45, 2.75) is 78.1 Å². The Morgan fingerprint density at radius 3 is 1.71 bits per heavy atom. The van der Waals surface area contributed by atoms with Gasteiger partial charge in [0.05, 0.1) is 18.1 Å². The molecule has 160 valence electrons. The maximum atomic E-state index is 13.0. The monoisotopic (exact) mass is 415 g/mol. The van der Waals surface area contributed by atoms with Gasteiger partial charge in [0.15, 0.2) is 0 Å². The number of phosphoric ester groups is 1. The first kappa shape index (κ1) is 24.6. The van der Waals surface area contributed by atoms with Crippen molar-refractivity contribution in [2.24, 2.45) is 0 Å². The largest absolute Gasteiger partial charge is 0.530 e. The summed E-state index contributed by atoms with van der Waals surface area (Å²) in [5.41, 5.74) is -0.0594. The first-order valence-corrected chi connectivity index (χ1v) is 11.8. The van der Waals surface area contributed by atoms with E-state index in [0.29, 0.717) is 13.2 Å². The molecule has 1 aromatic carbocycles. The van der Waals surface area contributed by atoms with Crippen LogP contribution in [0.25, 0.3) is 0 Å². The number of nitrogens with zero attached hydrogens (tertiary/aromatic N) is 1. The van der Waals surface area contributed by atoms with Crippen molar-refractivity contribution in [3.63, 3.8) is 0 Å². The van der Waals surface area contributed by atoms with E-state index in [1.807, 2.05) is 0 Å². The lowest BCUT2D eigenvalue weighted by Crippen LogP contribution is -2.05. The van der Waals surface area contributed by atoms with E-state index in [9.17, 15) is 14.7 Å². The van der Waals surface area contributed by atoms with E-state index in [1.54, 1.807) is 0 Å². The fraction of sp³-hybridized carbons (Fsp3) is 0.700. The molecule has 0 aromatic heterocycles. The lowest BCUT2D eigenvalue weighted by molar-refractivity contribution is -0.384. The van der Waals surface area contributed by atoms with Crippen LogP contribution in [0.15, 0.2) is 24.3 Å². The fourth-order valence-corrected chi connectivity index (χ4v) is 3.88. The van der Waals surface area contributed by atoms with E-state index in [4.69, 9.17) is 13.6 Å². The highest BCUT2D eigenvalue weighted by molar-refractivity contribution is 7.48. The molecular weight excluding hydrogens is 381 g/mol. The predicted octanol–water partition coefficient (Wildman–Crippen LogP) is 7.06. The molecule has 8 heteroatoms. The molecule has 0 aliphatic rings. The van der Waals surface area contributed by atoms with Gasteiger partial charge in [-0.1, -0.05) is 65.2 Å². The fourth-order valence-electron chi connectivity index (χ4n) is 2.61. The van der Waals surface area contributed by atoms with Crippen LogP contribution >= 0.6 is 7.82 Å². The Kier molecular flexibility index (Phi) is 12.8. The SMILES string of the molecule is CCCCCCCOP(=O)(OCCCCCCC)Oc1ccc([N+](=O)[O-])cc1. The molecule has 0 aliphatic carbocycles. The summed E-state index contributed by atoms with van der Waals surface area (Å²) in [5.74, 6) is 0.228. The van der Waals surface area contributed by atoms with Crippen LogP contribution in [0.2, 0.25) is 0 Å². The van der Waals surface area contributed by atoms with Gasteiger partial charge in [-0.05, 0) is 25.0 Å². The smallest absolute Gasteiger partial charge is 0.404 e. The lowest BCUT2D eigenvalue weighted by atomic mass is 10.2. The van der Waals surface area contributed by atoms with Gasteiger partial charge in [-0.25, -0.2) is 4.57 Å². The molecule has 0 N–H and O–H groups in total. The second-order valence-corrected chi connectivity index (χ2v) is 8.38. The number of unbranched alkanes of at least 4 members (excludes halogenated alkanes) is 8. The predicted molar refractivity (Wildman–Crippen MR) is 111 cm³/mol. The molecule has 28 heavy (non-hydrogen) atoms. The quantitative estimate of drug-likeness (QED) is 0.117. The highest BCUT2D eigenvalue weighted by Crippen LogP contribution is 2.50. The van der Waals surface area contributed by atoms with Crippen molar-refractivity contribution < 1.29 is 23.1 Å². The van der Waals surface area contributed by atoms with E-state index in [-0.39, 0.29) is 11.4 Å². The van der Waals surface area contributed by atoms with Crippen LogP contribution in [0.5, 0.6) is 5.75 Å². The molecule has 0 amide bonds. The molecule has 0 saturated carbocycles. The number of phosphoric acid groups is 1. The van der Waals surface area contributed by atoms with Crippen LogP contribution < -0.4 is 4.52 Å². The van der Waals surface area contributed by atoms with Crippen molar-refractivity contribution in [1.82, 2.24) is 0 Å². The highest BCUT2D eigenvalue weighted by atomic mass is 31.2. The third-order valence-electron chi connectivity index (χ3n) is 4.26. The van der Waals surface area contributed by atoms with Crippen LogP contribution in [-0.4, -0.2) is 18.1 Å². The number of non-ortho nitro benzene ring substituents is 1. The Bertz CT molecular complexity index is 573. The van der Waals surface area contributed by atoms with Gasteiger partial charge in [0.25, 0.3) is 5.69 Å². The third kappa shape index (κ3) is 10.8. The Labute approximate surface area is 168 Å². The summed E-state index contributed by atoms with van der Waals surface area (Å²) in [6.07, 6.45) is 10.5. The molecule has 0 heterocycles. The third-order valence-corrected chi connectivity index (χ3v) is 5.69. The van der Waals surface area contributed by atoms with E-state index >= 15 is 0 Å². The molecule has 1 rings (SSSR count). The molecule has 0 radical (unpaired) electrons. The molecule has 0 bridgehead atoms. The first-order valence-electron chi connectivity index (χ1n) is 10.3. The van der Waals surface area contributed by atoms with E-state index < -0.39 is 12.7 Å². The van der Waals surface area contributed by atoms with Crippen LogP contribution in [0, 0.1) is 10.1 Å². The second kappa shape index (κ2) is 14.6. The number of nitro benzene ring substituents is 1. The zero-order chi connectivity index (χ0) is 20.7. The molecule has 0 unspecified atom stereocenters. The number of rotatable bonds is 17. The summed E-state index contributed by atoms with van der Waals surface area (Å²) >= 11 is 0. The zero-order valence-corrected chi connectivity index (χ0v) is 18.0. The molecular formula is C20H34NO6P. The standard InChI is InChI=1S/C20H34NO6P/c1-3-5-7-9-11-17-25-28(24,26-18-12-10-8-6-4-2)27-20-15-13-19(14-16-20)21(22)23/h13-16H,3-12,17-18H2,1-2H3. The van der Waals surface area contributed by atoms with E-state index in [0.717, 1.165) is 51.4 Å². The van der Waals surface area contributed by atoms with E-state index in [2.05, 4.69) is 13.8 Å². The first-order chi connectivity index (χ1) is 13.5. The number of nitro groups is 1. The summed E-state index contributed by atoms with van der Waals surface area (Å²) in [6, 6.07) is 5.41.